The van der Waals surface area contributed by atoms with Crippen LogP contribution in [0.25, 0.3) is 0 Å². The van der Waals surface area contributed by atoms with Gasteiger partial charge in [0.25, 0.3) is 0 Å². The molecule has 4 nitrogen and oxygen atoms in total. The van der Waals surface area contributed by atoms with E-state index in [1.54, 1.807) is 12.1 Å². The summed E-state index contributed by atoms with van der Waals surface area (Å²) >= 11 is 0. The summed E-state index contributed by atoms with van der Waals surface area (Å²) in [6.07, 6.45) is 0. The second-order valence-electron chi connectivity index (χ2n) is 4.88. The van der Waals surface area contributed by atoms with E-state index >= 15 is 0 Å². The Labute approximate surface area is 122 Å². The van der Waals surface area contributed by atoms with Crippen LogP contribution in [-0.2, 0) is 13.2 Å². The lowest BCUT2D eigenvalue weighted by Crippen LogP contribution is -2.04. The monoisotopic (exact) mass is 289 g/mol. The molecule has 0 saturated carbocycles. The normalized spacial score (nSPS) is 12.5. The fourth-order valence-electron chi connectivity index (χ4n) is 2.24. The lowest BCUT2D eigenvalue weighted by atomic mass is 10.1. The standard InChI is InChI=1S/C16H16FNO3/c1-10-4-13(17)3-2-11(10)8-19-14-6-16-15(20-9-21-16)5-12(14)7-18/h2-6H,7-9,18H2,1H3. The number of fused-ring (bicyclic) bond motifs is 1. The first-order valence-corrected chi connectivity index (χ1v) is 6.68. The van der Waals surface area contributed by atoms with Crippen molar-refractivity contribution in [1.82, 2.24) is 0 Å². The Balaban J connectivity index is 1.81. The molecule has 2 N–H and O–H groups in total. The molecule has 0 radical (unpaired) electrons. The Morgan fingerprint density at radius 2 is 1.90 bits per heavy atom. The van der Waals surface area contributed by atoms with Gasteiger partial charge in [0.1, 0.15) is 18.2 Å². The van der Waals surface area contributed by atoms with Gasteiger partial charge in [-0.2, -0.15) is 0 Å². The fraction of sp³-hybridized carbons (Fsp3) is 0.250. The average Bonchev–Trinajstić information content (AvgIpc) is 2.92. The minimum absolute atomic E-state index is 0.208. The van der Waals surface area contributed by atoms with Crippen molar-refractivity contribution < 1.29 is 18.6 Å². The van der Waals surface area contributed by atoms with Gasteiger partial charge < -0.3 is 19.9 Å². The van der Waals surface area contributed by atoms with Crippen molar-refractivity contribution >= 4 is 0 Å². The van der Waals surface area contributed by atoms with E-state index in [2.05, 4.69) is 0 Å². The lowest BCUT2D eigenvalue weighted by Gasteiger charge is -2.13. The van der Waals surface area contributed by atoms with E-state index in [4.69, 9.17) is 19.9 Å². The molecule has 1 heterocycles. The van der Waals surface area contributed by atoms with Gasteiger partial charge >= 0.3 is 0 Å². The van der Waals surface area contributed by atoms with Gasteiger partial charge in [-0.15, -0.1) is 0 Å². The summed E-state index contributed by atoms with van der Waals surface area (Å²) in [6.45, 7) is 2.75. The van der Waals surface area contributed by atoms with Crippen LogP contribution in [0, 0.1) is 12.7 Å². The summed E-state index contributed by atoms with van der Waals surface area (Å²) in [7, 11) is 0. The van der Waals surface area contributed by atoms with Crippen molar-refractivity contribution in [3.8, 4) is 17.2 Å². The Kier molecular flexibility index (Phi) is 3.66. The number of nitrogens with two attached hydrogens (primary N) is 1. The summed E-state index contributed by atoms with van der Waals surface area (Å²) in [5.41, 5.74) is 8.36. The van der Waals surface area contributed by atoms with Crippen molar-refractivity contribution in [2.45, 2.75) is 20.1 Å². The van der Waals surface area contributed by atoms with Crippen LogP contribution in [0.4, 0.5) is 4.39 Å². The smallest absolute Gasteiger partial charge is 0.231 e. The molecular formula is C16H16FNO3. The van der Waals surface area contributed by atoms with Crippen LogP contribution in [0.3, 0.4) is 0 Å². The van der Waals surface area contributed by atoms with Gasteiger partial charge in [0, 0.05) is 18.2 Å². The van der Waals surface area contributed by atoms with Crippen LogP contribution in [0.15, 0.2) is 30.3 Å². The molecule has 5 heteroatoms. The van der Waals surface area contributed by atoms with E-state index in [1.165, 1.54) is 12.1 Å². The highest BCUT2D eigenvalue weighted by atomic mass is 19.1. The highest BCUT2D eigenvalue weighted by Crippen LogP contribution is 2.38. The molecule has 0 aromatic heterocycles. The second-order valence-corrected chi connectivity index (χ2v) is 4.88. The van der Waals surface area contributed by atoms with E-state index in [0.717, 1.165) is 16.7 Å². The predicted molar refractivity (Wildman–Crippen MR) is 75.9 cm³/mol. The van der Waals surface area contributed by atoms with Crippen LogP contribution in [0.1, 0.15) is 16.7 Å². The number of rotatable bonds is 4. The third kappa shape index (κ3) is 2.78. The summed E-state index contributed by atoms with van der Waals surface area (Å²) in [4.78, 5) is 0. The lowest BCUT2D eigenvalue weighted by molar-refractivity contribution is 0.173. The molecule has 0 saturated heterocycles. The van der Waals surface area contributed by atoms with Gasteiger partial charge in [-0.1, -0.05) is 6.07 Å². The van der Waals surface area contributed by atoms with E-state index in [1.807, 2.05) is 13.0 Å². The molecule has 1 aliphatic heterocycles. The third-order valence-electron chi connectivity index (χ3n) is 3.46. The SMILES string of the molecule is Cc1cc(F)ccc1COc1cc2c(cc1CN)OCO2. The maximum atomic E-state index is 13.1. The highest BCUT2D eigenvalue weighted by Gasteiger charge is 2.17. The van der Waals surface area contributed by atoms with Gasteiger partial charge in [0.15, 0.2) is 11.5 Å². The van der Waals surface area contributed by atoms with Crippen LogP contribution < -0.4 is 19.9 Å². The number of aryl methyl sites for hydroxylation is 1. The van der Waals surface area contributed by atoms with Gasteiger partial charge in [-0.05, 0) is 36.2 Å². The summed E-state index contributed by atoms with van der Waals surface area (Å²) in [6, 6.07) is 8.25. The summed E-state index contributed by atoms with van der Waals surface area (Å²) in [5, 5.41) is 0. The van der Waals surface area contributed by atoms with Crippen LogP contribution in [0.5, 0.6) is 17.2 Å². The molecule has 2 aromatic carbocycles. The molecule has 0 atom stereocenters. The number of ether oxygens (including phenoxy) is 3. The summed E-state index contributed by atoms with van der Waals surface area (Å²) in [5.74, 6) is 1.74. The van der Waals surface area contributed by atoms with E-state index in [-0.39, 0.29) is 12.6 Å². The minimum Gasteiger partial charge on any atom is -0.488 e. The van der Waals surface area contributed by atoms with Crippen molar-refractivity contribution in [3.63, 3.8) is 0 Å². The second kappa shape index (κ2) is 5.61. The first-order valence-electron chi connectivity index (χ1n) is 6.68. The van der Waals surface area contributed by atoms with Crippen LogP contribution in [0.2, 0.25) is 0 Å². The Hall–Kier alpha value is -2.27. The van der Waals surface area contributed by atoms with E-state index in [0.29, 0.717) is 30.4 Å². The van der Waals surface area contributed by atoms with Gasteiger partial charge in [0.2, 0.25) is 6.79 Å². The maximum absolute atomic E-state index is 13.1. The molecule has 21 heavy (non-hydrogen) atoms. The maximum Gasteiger partial charge on any atom is 0.231 e. The molecule has 2 aromatic rings. The molecule has 0 bridgehead atoms. The molecular weight excluding hydrogens is 273 g/mol. The van der Waals surface area contributed by atoms with Gasteiger partial charge in [-0.25, -0.2) is 4.39 Å². The average molecular weight is 289 g/mol. The Bertz CT molecular complexity index is 673. The van der Waals surface area contributed by atoms with E-state index in [9.17, 15) is 4.39 Å². The molecule has 0 spiro atoms. The number of hydrogen-bond acceptors (Lipinski definition) is 4. The van der Waals surface area contributed by atoms with Crippen molar-refractivity contribution in [3.05, 3.63) is 52.8 Å². The topological polar surface area (TPSA) is 53.7 Å². The number of halogens is 1. The molecule has 110 valence electrons. The van der Waals surface area contributed by atoms with Gasteiger partial charge in [-0.3, -0.25) is 0 Å². The highest BCUT2D eigenvalue weighted by molar-refractivity contribution is 5.51. The van der Waals surface area contributed by atoms with Crippen molar-refractivity contribution in [2.24, 2.45) is 5.73 Å². The van der Waals surface area contributed by atoms with E-state index < -0.39 is 0 Å². The third-order valence-corrected chi connectivity index (χ3v) is 3.46. The zero-order valence-electron chi connectivity index (χ0n) is 11.7. The first-order chi connectivity index (χ1) is 10.2. The van der Waals surface area contributed by atoms with Crippen molar-refractivity contribution in [1.29, 1.82) is 0 Å². The molecule has 0 aliphatic carbocycles. The molecule has 3 rings (SSSR count). The van der Waals surface area contributed by atoms with Gasteiger partial charge in [0.05, 0.1) is 0 Å². The Morgan fingerprint density at radius 3 is 2.62 bits per heavy atom. The molecule has 0 fully saturated rings. The Morgan fingerprint density at radius 1 is 1.14 bits per heavy atom. The zero-order valence-corrected chi connectivity index (χ0v) is 11.7. The summed E-state index contributed by atoms with van der Waals surface area (Å²) < 4.78 is 29.6. The first kappa shape index (κ1) is 13.7. The fourth-order valence-corrected chi connectivity index (χ4v) is 2.24. The predicted octanol–water partition coefficient (Wildman–Crippen LogP) is 2.90. The molecule has 1 aliphatic rings. The van der Waals surface area contributed by atoms with Crippen LogP contribution >= 0.6 is 0 Å². The number of hydrogen-bond donors (Lipinski definition) is 1. The number of benzene rings is 2. The molecule has 0 amide bonds. The quantitative estimate of drug-likeness (QED) is 0.940. The zero-order chi connectivity index (χ0) is 14.8. The van der Waals surface area contributed by atoms with Crippen molar-refractivity contribution in [2.75, 3.05) is 6.79 Å². The largest absolute Gasteiger partial charge is 0.488 e. The molecule has 0 unspecified atom stereocenters. The van der Waals surface area contributed by atoms with Crippen LogP contribution in [-0.4, -0.2) is 6.79 Å². The minimum atomic E-state index is -0.248.